The lowest BCUT2D eigenvalue weighted by molar-refractivity contribution is -0.137. The highest BCUT2D eigenvalue weighted by molar-refractivity contribution is 5.94. The maximum atomic E-state index is 11.9. The van der Waals surface area contributed by atoms with Crippen LogP contribution < -0.4 is 10.1 Å². The van der Waals surface area contributed by atoms with E-state index >= 15 is 0 Å². The molecular weight excluding hydrogens is 262 g/mol. The van der Waals surface area contributed by atoms with Crippen LogP contribution in [0.25, 0.3) is 0 Å². The molecule has 0 bridgehead atoms. The minimum absolute atomic E-state index is 0.136. The Kier molecular flexibility index (Phi) is 4.34. The van der Waals surface area contributed by atoms with Gasteiger partial charge in [0.05, 0.1) is 6.61 Å². The molecule has 20 heavy (non-hydrogen) atoms. The smallest absolute Gasteiger partial charge is 0.341 e. The first-order valence-electron chi connectivity index (χ1n) is 6.39. The molecule has 106 valence electrons. The van der Waals surface area contributed by atoms with Gasteiger partial charge in [0.15, 0.2) is 0 Å². The highest BCUT2D eigenvalue weighted by atomic mass is 16.5. The second kappa shape index (κ2) is 6.18. The first-order chi connectivity index (χ1) is 9.61. The molecule has 0 aliphatic carbocycles. The van der Waals surface area contributed by atoms with Crippen LogP contribution in [0.3, 0.4) is 0 Å². The summed E-state index contributed by atoms with van der Waals surface area (Å²) in [4.78, 5) is 34.7. The average Bonchev–Trinajstić information content (AvgIpc) is 2.86. The molecule has 6 nitrogen and oxygen atoms in total. The first kappa shape index (κ1) is 14.0. The molecule has 1 aliphatic rings. The number of rotatable bonds is 4. The summed E-state index contributed by atoms with van der Waals surface area (Å²) in [5.74, 6) is -1.17. The molecule has 0 radical (unpaired) electrons. The second-order valence-electron chi connectivity index (χ2n) is 4.30. The van der Waals surface area contributed by atoms with Crippen LogP contribution in [0.2, 0.25) is 0 Å². The Bertz CT molecular complexity index is 540. The fraction of sp³-hybridized carbons (Fsp3) is 0.357. The van der Waals surface area contributed by atoms with Crippen LogP contribution in [-0.2, 0) is 14.3 Å². The lowest BCUT2D eigenvalue weighted by atomic mass is 10.2. The van der Waals surface area contributed by atoms with Gasteiger partial charge in [-0.25, -0.2) is 9.59 Å². The summed E-state index contributed by atoms with van der Waals surface area (Å²) in [6, 6.07) is 5.69. The molecule has 0 spiro atoms. The Hall–Kier alpha value is -2.37. The number of para-hydroxylation sites is 1. The van der Waals surface area contributed by atoms with E-state index in [2.05, 4.69) is 5.32 Å². The van der Waals surface area contributed by atoms with Gasteiger partial charge < -0.3 is 14.8 Å². The third kappa shape index (κ3) is 3.14. The fourth-order valence-corrected chi connectivity index (χ4v) is 1.90. The molecule has 6 heteroatoms. The van der Waals surface area contributed by atoms with Gasteiger partial charge in [0.25, 0.3) is 0 Å². The number of nitrogens with one attached hydrogen (secondary N) is 1. The summed E-state index contributed by atoms with van der Waals surface area (Å²) in [5, 5.41) is 2.52. The molecular formula is C14H15NO5. The Morgan fingerprint density at radius 1 is 1.35 bits per heavy atom. The summed E-state index contributed by atoms with van der Waals surface area (Å²) in [6.07, 6.45) is 0.707. The number of carbonyl (C=O) groups excluding carboxylic acids is 3. The quantitative estimate of drug-likeness (QED) is 0.657. The van der Waals surface area contributed by atoms with E-state index in [1.54, 1.807) is 19.1 Å². The van der Waals surface area contributed by atoms with E-state index in [1.165, 1.54) is 12.1 Å². The zero-order valence-electron chi connectivity index (χ0n) is 11.0. The van der Waals surface area contributed by atoms with Gasteiger partial charge in [-0.05, 0) is 25.5 Å². The van der Waals surface area contributed by atoms with E-state index in [0.29, 0.717) is 12.8 Å². The highest BCUT2D eigenvalue weighted by Gasteiger charge is 2.29. The number of esters is 2. The molecule has 1 fully saturated rings. The number of ether oxygens (including phenoxy) is 2. The van der Waals surface area contributed by atoms with Crippen LogP contribution in [0.15, 0.2) is 24.3 Å². The maximum absolute atomic E-state index is 11.9. The zero-order chi connectivity index (χ0) is 14.5. The van der Waals surface area contributed by atoms with Crippen LogP contribution >= 0.6 is 0 Å². The first-order valence-corrected chi connectivity index (χ1v) is 6.39. The fourth-order valence-electron chi connectivity index (χ4n) is 1.90. The number of amides is 1. The number of carbonyl (C=O) groups is 3. The largest absolute Gasteiger partial charge is 0.462 e. The van der Waals surface area contributed by atoms with Crippen LogP contribution in [0.5, 0.6) is 5.75 Å². The highest BCUT2D eigenvalue weighted by Crippen LogP contribution is 2.20. The van der Waals surface area contributed by atoms with E-state index in [1.807, 2.05) is 0 Å². The van der Waals surface area contributed by atoms with Gasteiger partial charge >= 0.3 is 11.9 Å². The molecule has 0 aromatic heterocycles. The average molecular weight is 277 g/mol. The maximum Gasteiger partial charge on any atom is 0.341 e. The van der Waals surface area contributed by atoms with Crippen LogP contribution in [0, 0.1) is 0 Å². The Labute approximate surface area is 116 Å². The minimum Gasteiger partial charge on any atom is -0.462 e. The molecule has 1 aromatic rings. The molecule has 2 rings (SSSR count). The van der Waals surface area contributed by atoms with E-state index < -0.39 is 18.0 Å². The molecule has 1 heterocycles. The third-order valence-electron chi connectivity index (χ3n) is 2.87. The van der Waals surface area contributed by atoms with E-state index in [9.17, 15) is 14.4 Å². The molecule has 1 amide bonds. The predicted octanol–water partition coefficient (Wildman–Crippen LogP) is 1.05. The predicted molar refractivity (Wildman–Crippen MR) is 69.2 cm³/mol. The Balaban J connectivity index is 2.11. The standard InChI is InChI=1S/C14H15NO5/c1-2-19-13(17)9-5-3-4-6-11(9)20-14(18)10-7-8-12(16)15-10/h3-6,10H,2,7-8H2,1H3,(H,15,16)/t10-/m0/s1. The van der Waals surface area contributed by atoms with E-state index in [4.69, 9.17) is 9.47 Å². The molecule has 1 atom stereocenters. The van der Waals surface area contributed by atoms with Gasteiger partial charge in [0.2, 0.25) is 5.91 Å². The monoisotopic (exact) mass is 277 g/mol. The molecule has 0 saturated carbocycles. The number of hydrogen-bond donors (Lipinski definition) is 1. The van der Waals surface area contributed by atoms with Crippen LogP contribution in [0.4, 0.5) is 0 Å². The Morgan fingerprint density at radius 2 is 2.10 bits per heavy atom. The van der Waals surface area contributed by atoms with E-state index in [0.717, 1.165) is 0 Å². The van der Waals surface area contributed by atoms with Crippen molar-refractivity contribution in [3.05, 3.63) is 29.8 Å². The van der Waals surface area contributed by atoms with Gasteiger partial charge in [-0.1, -0.05) is 12.1 Å². The summed E-state index contributed by atoms with van der Waals surface area (Å²) >= 11 is 0. The Morgan fingerprint density at radius 3 is 2.75 bits per heavy atom. The van der Waals surface area contributed by atoms with Crippen molar-refractivity contribution in [2.45, 2.75) is 25.8 Å². The van der Waals surface area contributed by atoms with Crippen molar-refractivity contribution in [3.63, 3.8) is 0 Å². The van der Waals surface area contributed by atoms with Crippen LogP contribution in [-0.4, -0.2) is 30.5 Å². The second-order valence-corrected chi connectivity index (χ2v) is 4.30. The van der Waals surface area contributed by atoms with Crippen molar-refractivity contribution >= 4 is 17.8 Å². The molecule has 1 aromatic carbocycles. The molecule has 1 saturated heterocycles. The molecule has 0 unspecified atom stereocenters. The lowest BCUT2D eigenvalue weighted by Crippen LogP contribution is -2.36. The summed E-state index contributed by atoms with van der Waals surface area (Å²) in [5.41, 5.74) is 0.187. The topological polar surface area (TPSA) is 81.7 Å². The van der Waals surface area contributed by atoms with Gasteiger partial charge in [-0.15, -0.1) is 0 Å². The van der Waals surface area contributed by atoms with Crippen molar-refractivity contribution < 1.29 is 23.9 Å². The number of hydrogen-bond acceptors (Lipinski definition) is 5. The van der Waals surface area contributed by atoms with Crippen molar-refractivity contribution in [3.8, 4) is 5.75 Å². The zero-order valence-corrected chi connectivity index (χ0v) is 11.0. The number of benzene rings is 1. The minimum atomic E-state index is -0.655. The van der Waals surface area contributed by atoms with Gasteiger partial charge in [-0.3, -0.25) is 4.79 Å². The summed E-state index contributed by atoms with van der Waals surface area (Å²) < 4.78 is 10.1. The van der Waals surface area contributed by atoms with Crippen molar-refractivity contribution in [2.75, 3.05) is 6.61 Å². The molecule has 1 N–H and O–H groups in total. The van der Waals surface area contributed by atoms with Gasteiger partial charge in [0, 0.05) is 6.42 Å². The SMILES string of the molecule is CCOC(=O)c1ccccc1OC(=O)[C@@H]1CCC(=O)N1. The van der Waals surface area contributed by atoms with Gasteiger partial charge in [-0.2, -0.15) is 0 Å². The van der Waals surface area contributed by atoms with Crippen molar-refractivity contribution in [1.82, 2.24) is 5.32 Å². The summed E-state index contributed by atoms with van der Waals surface area (Å²) in [7, 11) is 0. The van der Waals surface area contributed by atoms with Crippen molar-refractivity contribution in [2.24, 2.45) is 0 Å². The summed E-state index contributed by atoms with van der Waals surface area (Å²) in [6.45, 7) is 1.93. The lowest BCUT2D eigenvalue weighted by Gasteiger charge is -2.12. The van der Waals surface area contributed by atoms with Crippen molar-refractivity contribution in [1.29, 1.82) is 0 Å². The normalized spacial score (nSPS) is 17.4. The van der Waals surface area contributed by atoms with E-state index in [-0.39, 0.29) is 23.8 Å². The molecule has 1 aliphatic heterocycles. The third-order valence-corrected chi connectivity index (χ3v) is 2.87. The van der Waals surface area contributed by atoms with Gasteiger partial charge in [0.1, 0.15) is 17.4 Å². The van der Waals surface area contributed by atoms with Crippen LogP contribution in [0.1, 0.15) is 30.1 Å².